The average molecular weight is 478 g/mol. The SMILES string of the molecule is CCc1nn(C)cc1CN=C(N)N1CCN(C(=O)OC(C)(C)C)CC1.I. The van der Waals surface area contributed by atoms with Crippen LogP contribution in [-0.4, -0.2) is 63.4 Å². The topological polar surface area (TPSA) is 89.0 Å². The lowest BCUT2D eigenvalue weighted by atomic mass is 10.2. The third-order valence-corrected chi connectivity index (χ3v) is 3.99. The van der Waals surface area contributed by atoms with Gasteiger partial charge >= 0.3 is 6.09 Å². The second-order valence-electron chi connectivity index (χ2n) is 7.26. The van der Waals surface area contributed by atoms with Gasteiger partial charge in [0.05, 0.1) is 12.2 Å². The molecule has 8 nitrogen and oxygen atoms in total. The molecule has 2 heterocycles. The molecule has 1 aliphatic heterocycles. The second-order valence-corrected chi connectivity index (χ2v) is 7.26. The first-order valence-corrected chi connectivity index (χ1v) is 8.73. The molecule has 0 spiro atoms. The van der Waals surface area contributed by atoms with E-state index in [1.807, 2.05) is 38.9 Å². The van der Waals surface area contributed by atoms with Crippen molar-refractivity contribution in [1.29, 1.82) is 0 Å². The van der Waals surface area contributed by atoms with Gasteiger partial charge in [-0.05, 0) is 27.2 Å². The van der Waals surface area contributed by atoms with Gasteiger partial charge in [-0.25, -0.2) is 9.79 Å². The van der Waals surface area contributed by atoms with Crippen molar-refractivity contribution in [2.75, 3.05) is 26.2 Å². The second kappa shape index (κ2) is 9.43. The third-order valence-electron chi connectivity index (χ3n) is 3.99. The molecular formula is C17H31IN6O2. The molecule has 9 heteroatoms. The number of piperazine rings is 1. The molecule has 1 amide bonds. The van der Waals surface area contributed by atoms with E-state index in [1.54, 1.807) is 9.58 Å². The average Bonchev–Trinajstić information content (AvgIpc) is 2.91. The number of rotatable bonds is 3. The summed E-state index contributed by atoms with van der Waals surface area (Å²) in [5.74, 6) is 0.509. The Balaban J connectivity index is 0.00000338. The molecule has 26 heavy (non-hydrogen) atoms. The zero-order valence-corrected chi connectivity index (χ0v) is 18.7. The van der Waals surface area contributed by atoms with E-state index >= 15 is 0 Å². The van der Waals surface area contributed by atoms with E-state index in [9.17, 15) is 4.79 Å². The third kappa shape index (κ3) is 6.33. The van der Waals surface area contributed by atoms with Crippen LogP contribution in [0.5, 0.6) is 0 Å². The number of hydrogen-bond acceptors (Lipinski definition) is 4. The molecule has 0 radical (unpaired) electrons. The monoisotopic (exact) mass is 478 g/mol. The normalized spacial score (nSPS) is 15.7. The Kier molecular flexibility index (Phi) is 8.16. The Morgan fingerprint density at radius 2 is 1.85 bits per heavy atom. The van der Waals surface area contributed by atoms with Crippen molar-refractivity contribution in [3.8, 4) is 0 Å². The summed E-state index contributed by atoms with van der Waals surface area (Å²) < 4.78 is 7.21. The largest absolute Gasteiger partial charge is 0.444 e. The Morgan fingerprint density at radius 1 is 1.27 bits per heavy atom. The highest BCUT2D eigenvalue weighted by atomic mass is 127. The van der Waals surface area contributed by atoms with E-state index in [-0.39, 0.29) is 30.1 Å². The number of nitrogens with zero attached hydrogens (tertiary/aromatic N) is 5. The van der Waals surface area contributed by atoms with Crippen molar-refractivity contribution in [2.24, 2.45) is 17.8 Å². The maximum atomic E-state index is 12.1. The molecule has 1 aromatic heterocycles. The fraction of sp³-hybridized carbons (Fsp3) is 0.706. The minimum Gasteiger partial charge on any atom is -0.444 e. The summed E-state index contributed by atoms with van der Waals surface area (Å²) in [5, 5.41) is 4.41. The number of amides is 1. The standard InChI is InChI=1S/C17H30N6O2.HI/c1-6-14-13(12-21(5)20-14)11-19-15(18)22-7-9-23(10-8-22)16(24)25-17(2,3)4;/h12H,6-11H2,1-5H3,(H2,18,19);1H. The van der Waals surface area contributed by atoms with Crippen LogP contribution in [0.15, 0.2) is 11.2 Å². The van der Waals surface area contributed by atoms with Gasteiger partial charge in [-0.15, -0.1) is 24.0 Å². The van der Waals surface area contributed by atoms with Gasteiger partial charge in [-0.1, -0.05) is 6.92 Å². The molecule has 0 bridgehead atoms. The van der Waals surface area contributed by atoms with Gasteiger partial charge in [0.2, 0.25) is 0 Å². The van der Waals surface area contributed by atoms with E-state index in [2.05, 4.69) is 17.0 Å². The Labute approximate surface area is 172 Å². The number of halogens is 1. The van der Waals surface area contributed by atoms with Crippen LogP contribution in [-0.2, 0) is 24.8 Å². The number of ether oxygens (including phenoxy) is 1. The molecule has 1 aliphatic rings. The summed E-state index contributed by atoms with van der Waals surface area (Å²) >= 11 is 0. The summed E-state index contributed by atoms with van der Waals surface area (Å²) in [6, 6.07) is 0. The van der Waals surface area contributed by atoms with Crippen LogP contribution in [0, 0.1) is 0 Å². The van der Waals surface area contributed by atoms with Gasteiger partial charge in [-0.2, -0.15) is 5.10 Å². The number of aliphatic imine (C=N–C) groups is 1. The van der Waals surface area contributed by atoms with Crippen LogP contribution in [0.4, 0.5) is 4.79 Å². The van der Waals surface area contributed by atoms with Gasteiger partial charge < -0.3 is 20.3 Å². The molecule has 0 atom stereocenters. The minimum absolute atomic E-state index is 0. The fourth-order valence-corrected chi connectivity index (χ4v) is 2.72. The lowest BCUT2D eigenvalue weighted by Crippen LogP contribution is -2.53. The number of carbonyl (C=O) groups excluding carboxylic acids is 1. The number of aromatic nitrogens is 2. The maximum Gasteiger partial charge on any atom is 0.410 e. The molecule has 1 saturated heterocycles. The van der Waals surface area contributed by atoms with Crippen molar-refractivity contribution in [1.82, 2.24) is 19.6 Å². The van der Waals surface area contributed by atoms with E-state index in [0.29, 0.717) is 38.7 Å². The first kappa shape index (κ1) is 22.5. The van der Waals surface area contributed by atoms with Crippen LogP contribution in [0.3, 0.4) is 0 Å². The smallest absolute Gasteiger partial charge is 0.410 e. The zero-order chi connectivity index (χ0) is 18.6. The minimum atomic E-state index is -0.477. The van der Waals surface area contributed by atoms with Crippen LogP contribution in [0.2, 0.25) is 0 Å². The van der Waals surface area contributed by atoms with Gasteiger partial charge in [0.1, 0.15) is 5.60 Å². The predicted octanol–water partition coefficient (Wildman–Crippen LogP) is 1.97. The zero-order valence-electron chi connectivity index (χ0n) is 16.4. The summed E-state index contributed by atoms with van der Waals surface area (Å²) in [5.41, 5.74) is 7.80. The molecule has 1 fully saturated rings. The van der Waals surface area contributed by atoms with Crippen molar-refractivity contribution >= 4 is 36.0 Å². The number of guanidine groups is 1. The summed E-state index contributed by atoms with van der Waals surface area (Å²) in [6.07, 6.45) is 2.58. The first-order chi connectivity index (χ1) is 11.7. The molecular weight excluding hydrogens is 447 g/mol. The van der Waals surface area contributed by atoms with Crippen molar-refractivity contribution in [2.45, 2.75) is 46.3 Å². The van der Waals surface area contributed by atoms with Crippen LogP contribution >= 0.6 is 24.0 Å². The van der Waals surface area contributed by atoms with E-state index < -0.39 is 5.60 Å². The quantitative estimate of drug-likeness (QED) is 0.408. The van der Waals surface area contributed by atoms with Gasteiger partial charge in [0.25, 0.3) is 0 Å². The van der Waals surface area contributed by atoms with Crippen LogP contribution in [0.1, 0.15) is 39.0 Å². The van der Waals surface area contributed by atoms with Crippen molar-refractivity contribution < 1.29 is 9.53 Å². The molecule has 1 aromatic rings. The Hall–Kier alpha value is -1.52. The highest BCUT2D eigenvalue weighted by Crippen LogP contribution is 2.12. The van der Waals surface area contributed by atoms with Gasteiger partial charge in [0.15, 0.2) is 5.96 Å². The summed E-state index contributed by atoms with van der Waals surface area (Å²) in [7, 11) is 1.91. The Bertz CT molecular complexity index is 630. The number of nitrogens with two attached hydrogens (primary N) is 1. The summed E-state index contributed by atoms with van der Waals surface area (Å²) in [4.78, 5) is 20.3. The molecule has 0 unspecified atom stereocenters. The number of aryl methyl sites for hydroxylation is 2. The number of hydrogen-bond donors (Lipinski definition) is 1. The maximum absolute atomic E-state index is 12.1. The molecule has 2 rings (SSSR count). The number of carbonyl (C=O) groups is 1. The Morgan fingerprint density at radius 3 is 2.38 bits per heavy atom. The molecule has 2 N–H and O–H groups in total. The molecule has 148 valence electrons. The predicted molar refractivity (Wildman–Crippen MR) is 113 cm³/mol. The van der Waals surface area contributed by atoms with E-state index in [0.717, 1.165) is 17.7 Å². The first-order valence-electron chi connectivity index (χ1n) is 8.73. The van der Waals surface area contributed by atoms with Crippen LogP contribution in [0.25, 0.3) is 0 Å². The van der Waals surface area contributed by atoms with Crippen molar-refractivity contribution in [3.63, 3.8) is 0 Å². The van der Waals surface area contributed by atoms with Crippen molar-refractivity contribution in [3.05, 3.63) is 17.5 Å². The van der Waals surface area contributed by atoms with E-state index in [1.165, 1.54) is 0 Å². The summed E-state index contributed by atoms with van der Waals surface area (Å²) in [6.45, 7) is 10.7. The van der Waals surface area contributed by atoms with E-state index in [4.69, 9.17) is 10.5 Å². The molecule has 0 aliphatic carbocycles. The molecule has 0 saturated carbocycles. The van der Waals surface area contributed by atoms with Crippen LogP contribution < -0.4 is 5.73 Å². The molecule has 0 aromatic carbocycles. The lowest BCUT2D eigenvalue weighted by Gasteiger charge is -2.36. The lowest BCUT2D eigenvalue weighted by molar-refractivity contribution is 0.0186. The van der Waals surface area contributed by atoms with Gasteiger partial charge in [-0.3, -0.25) is 4.68 Å². The highest BCUT2D eigenvalue weighted by molar-refractivity contribution is 14.0. The highest BCUT2D eigenvalue weighted by Gasteiger charge is 2.26. The fourth-order valence-electron chi connectivity index (χ4n) is 2.72. The van der Waals surface area contributed by atoms with Gasteiger partial charge in [0, 0.05) is 45.0 Å².